The molecule has 2 aromatic rings. The molecule has 2 amide bonds. The minimum absolute atomic E-state index is 0.0922. The van der Waals surface area contributed by atoms with Crippen LogP contribution in [0.25, 0.3) is 0 Å². The molecule has 4 nitrogen and oxygen atoms in total. The molecular weight excluding hydrogens is 290 g/mol. The van der Waals surface area contributed by atoms with Crippen molar-refractivity contribution in [2.75, 3.05) is 6.73 Å². The Balaban J connectivity index is 1.82. The zero-order chi connectivity index (χ0) is 15.7. The van der Waals surface area contributed by atoms with Gasteiger partial charge in [0, 0.05) is 11.8 Å². The first-order valence-electron chi connectivity index (χ1n) is 7.87. The molecule has 2 atom stereocenters. The molecule has 1 saturated heterocycles. The first-order chi connectivity index (χ1) is 11.2. The van der Waals surface area contributed by atoms with Gasteiger partial charge < -0.3 is 5.11 Å². The smallest absolute Gasteiger partial charge is 0.235 e. The first kappa shape index (κ1) is 13.0. The largest absolute Gasteiger partial charge is 0.376 e. The Morgan fingerprint density at radius 1 is 0.739 bits per heavy atom. The number of rotatable bonds is 1. The normalized spacial score (nSPS) is 30.2. The average molecular weight is 305 g/mol. The molecule has 1 heterocycles. The highest BCUT2D eigenvalue weighted by Gasteiger charge is 2.61. The Bertz CT molecular complexity index is 744. The SMILES string of the molecule is O=C1[C@@H]2C3c4ccccc4C(c4ccccc43)[C@H]2C(=O)N1CO. The molecule has 6 rings (SSSR count). The second-order valence-corrected chi connectivity index (χ2v) is 6.51. The van der Waals surface area contributed by atoms with Crippen LogP contribution in [0.1, 0.15) is 34.1 Å². The van der Waals surface area contributed by atoms with Gasteiger partial charge in [-0.15, -0.1) is 0 Å². The standard InChI is InChI=1S/C19H15NO3/c21-9-20-18(22)16-14-10-5-1-2-6-11(10)15(17(16)19(20)23)13-8-4-3-7-12(13)14/h1-8,14-17,21H,9H2/t14?,15?,16-,17-/m1/s1. The molecule has 0 saturated carbocycles. The van der Waals surface area contributed by atoms with E-state index < -0.39 is 6.73 Å². The molecule has 0 spiro atoms. The Kier molecular flexibility index (Phi) is 2.43. The van der Waals surface area contributed by atoms with Crippen LogP contribution < -0.4 is 0 Å². The molecule has 1 aliphatic heterocycles. The second-order valence-electron chi connectivity index (χ2n) is 6.51. The zero-order valence-corrected chi connectivity index (χ0v) is 12.3. The zero-order valence-electron chi connectivity index (χ0n) is 12.3. The Morgan fingerprint density at radius 2 is 1.09 bits per heavy atom. The van der Waals surface area contributed by atoms with Crippen LogP contribution in [0, 0.1) is 11.8 Å². The van der Waals surface area contributed by atoms with Gasteiger partial charge >= 0.3 is 0 Å². The second kappa shape index (κ2) is 4.30. The van der Waals surface area contributed by atoms with Gasteiger partial charge in [-0.25, -0.2) is 0 Å². The van der Waals surface area contributed by atoms with E-state index in [1.54, 1.807) is 0 Å². The van der Waals surface area contributed by atoms with Crippen molar-refractivity contribution in [2.24, 2.45) is 11.8 Å². The van der Waals surface area contributed by atoms with Crippen LogP contribution in [0.4, 0.5) is 0 Å². The van der Waals surface area contributed by atoms with Crippen LogP contribution in [0.3, 0.4) is 0 Å². The maximum atomic E-state index is 12.7. The summed E-state index contributed by atoms with van der Waals surface area (Å²) in [6.07, 6.45) is 0. The summed E-state index contributed by atoms with van der Waals surface area (Å²) in [6.45, 7) is -0.531. The van der Waals surface area contributed by atoms with Crippen molar-refractivity contribution in [2.45, 2.75) is 11.8 Å². The molecule has 0 unspecified atom stereocenters. The molecule has 0 aromatic heterocycles. The van der Waals surface area contributed by atoms with Crippen molar-refractivity contribution >= 4 is 11.8 Å². The van der Waals surface area contributed by atoms with Crippen LogP contribution in [0.5, 0.6) is 0 Å². The number of aliphatic hydroxyl groups excluding tert-OH is 1. The fourth-order valence-electron chi connectivity index (χ4n) is 4.88. The van der Waals surface area contributed by atoms with Crippen molar-refractivity contribution in [3.8, 4) is 0 Å². The number of hydrogen-bond acceptors (Lipinski definition) is 3. The number of nitrogens with zero attached hydrogens (tertiary/aromatic N) is 1. The van der Waals surface area contributed by atoms with Crippen LogP contribution in [0.15, 0.2) is 48.5 Å². The van der Waals surface area contributed by atoms with Crippen LogP contribution in [-0.2, 0) is 9.59 Å². The highest BCUT2D eigenvalue weighted by Crippen LogP contribution is 2.60. The molecule has 1 fully saturated rings. The van der Waals surface area contributed by atoms with Gasteiger partial charge in [0.1, 0.15) is 6.73 Å². The van der Waals surface area contributed by atoms with E-state index in [4.69, 9.17) is 0 Å². The highest BCUT2D eigenvalue weighted by molar-refractivity contribution is 6.07. The van der Waals surface area contributed by atoms with Crippen molar-refractivity contribution in [1.29, 1.82) is 0 Å². The number of benzene rings is 2. The van der Waals surface area contributed by atoms with Gasteiger partial charge in [0.2, 0.25) is 11.8 Å². The lowest BCUT2D eigenvalue weighted by Crippen LogP contribution is -2.41. The van der Waals surface area contributed by atoms with E-state index >= 15 is 0 Å². The summed E-state index contributed by atoms with van der Waals surface area (Å²) in [7, 11) is 0. The number of aliphatic hydroxyl groups is 1. The van der Waals surface area contributed by atoms with E-state index in [1.165, 1.54) is 0 Å². The van der Waals surface area contributed by atoms with E-state index in [9.17, 15) is 14.7 Å². The predicted molar refractivity (Wildman–Crippen MR) is 82.5 cm³/mol. The third-order valence-corrected chi connectivity index (χ3v) is 5.68. The van der Waals surface area contributed by atoms with Gasteiger partial charge in [0.25, 0.3) is 0 Å². The predicted octanol–water partition coefficient (Wildman–Crippen LogP) is 1.83. The fourth-order valence-corrected chi connectivity index (χ4v) is 4.88. The molecule has 2 aromatic carbocycles. The van der Waals surface area contributed by atoms with Crippen molar-refractivity contribution in [3.05, 3.63) is 70.8 Å². The summed E-state index contributed by atoms with van der Waals surface area (Å²) in [6, 6.07) is 16.2. The number of hydrogen-bond donors (Lipinski definition) is 1. The van der Waals surface area contributed by atoms with Gasteiger partial charge in [0.15, 0.2) is 0 Å². The van der Waals surface area contributed by atoms with E-state index in [0.29, 0.717) is 0 Å². The molecular formula is C19H15NO3. The van der Waals surface area contributed by atoms with Crippen LogP contribution >= 0.6 is 0 Å². The molecule has 4 aliphatic rings. The van der Waals surface area contributed by atoms with Crippen LogP contribution in [0.2, 0.25) is 0 Å². The Hall–Kier alpha value is -2.46. The summed E-state index contributed by atoms with van der Waals surface area (Å²) in [5, 5.41) is 9.46. The minimum atomic E-state index is -0.531. The van der Waals surface area contributed by atoms with E-state index in [0.717, 1.165) is 27.2 Å². The Labute approximate surface area is 133 Å². The van der Waals surface area contributed by atoms with Gasteiger partial charge in [-0.1, -0.05) is 48.5 Å². The van der Waals surface area contributed by atoms with Crippen molar-refractivity contribution < 1.29 is 14.7 Å². The average Bonchev–Trinajstić information content (AvgIpc) is 2.86. The minimum Gasteiger partial charge on any atom is -0.376 e. The number of carbonyl (C=O) groups excluding carboxylic acids is 2. The van der Waals surface area contributed by atoms with Crippen molar-refractivity contribution in [3.63, 3.8) is 0 Å². The quantitative estimate of drug-likeness (QED) is 0.818. The van der Waals surface area contributed by atoms with Crippen LogP contribution in [-0.4, -0.2) is 28.6 Å². The van der Waals surface area contributed by atoms with Gasteiger partial charge in [-0.05, 0) is 22.3 Å². The number of likely N-dealkylation sites (tertiary alicyclic amines) is 1. The summed E-state index contributed by atoms with van der Waals surface area (Å²) < 4.78 is 0. The van der Waals surface area contributed by atoms with Crippen molar-refractivity contribution in [1.82, 2.24) is 4.90 Å². The maximum Gasteiger partial charge on any atom is 0.235 e. The third kappa shape index (κ3) is 1.40. The van der Waals surface area contributed by atoms with Gasteiger partial charge in [-0.3, -0.25) is 14.5 Å². The molecule has 23 heavy (non-hydrogen) atoms. The maximum absolute atomic E-state index is 12.7. The Morgan fingerprint density at radius 3 is 1.39 bits per heavy atom. The fraction of sp³-hybridized carbons (Fsp3) is 0.263. The molecule has 3 aliphatic carbocycles. The van der Waals surface area contributed by atoms with Gasteiger partial charge in [-0.2, -0.15) is 0 Å². The lowest BCUT2D eigenvalue weighted by atomic mass is 9.55. The highest BCUT2D eigenvalue weighted by atomic mass is 16.3. The molecule has 1 N–H and O–H groups in total. The molecule has 114 valence electrons. The summed E-state index contributed by atoms with van der Waals surface area (Å²) in [4.78, 5) is 26.5. The summed E-state index contributed by atoms with van der Waals surface area (Å²) in [5.74, 6) is -1.42. The van der Waals surface area contributed by atoms with E-state index in [-0.39, 0.29) is 35.5 Å². The number of carbonyl (C=O) groups is 2. The monoisotopic (exact) mass is 305 g/mol. The molecule has 2 bridgehead atoms. The lowest BCUT2D eigenvalue weighted by Gasteiger charge is -2.45. The van der Waals surface area contributed by atoms with E-state index in [1.807, 2.05) is 24.3 Å². The summed E-state index contributed by atoms with van der Waals surface area (Å²) in [5.41, 5.74) is 4.61. The van der Waals surface area contributed by atoms with Gasteiger partial charge in [0.05, 0.1) is 11.8 Å². The number of imide groups is 1. The topological polar surface area (TPSA) is 57.6 Å². The summed E-state index contributed by atoms with van der Waals surface area (Å²) >= 11 is 0. The third-order valence-electron chi connectivity index (χ3n) is 5.68. The molecule has 0 radical (unpaired) electrons. The lowest BCUT2D eigenvalue weighted by molar-refractivity contribution is -0.144. The van der Waals surface area contributed by atoms with E-state index in [2.05, 4.69) is 24.3 Å². The molecule has 4 heteroatoms. The number of amides is 2. The first-order valence-corrected chi connectivity index (χ1v) is 7.87.